The van der Waals surface area contributed by atoms with Gasteiger partial charge in [-0.1, -0.05) is 42.5 Å². The van der Waals surface area contributed by atoms with Crippen molar-refractivity contribution in [2.75, 3.05) is 0 Å². The maximum atomic E-state index is 4.38. The molecule has 0 aliphatic rings. The Morgan fingerprint density at radius 1 is 0.385 bits per heavy atom. The van der Waals surface area contributed by atoms with Crippen molar-refractivity contribution in [1.29, 1.82) is 0 Å². The molecule has 0 amide bonds. The van der Waals surface area contributed by atoms with E-state index in [4.69, 9.17) is 0 Å². The zero-order chi connectivity index (χ0) is 25.8. The first-order valence-electron chi connectivity index (χ1n) is 12.2. The SMILES string of the molecule is [Fe].[c-]1cccc2ccc3cccnc3c12.c1ccc(-c2ccccn2)nc1.c1ccc(-c2ccccn2)nc1. The van der Waals surface area contributed by atoms with E-state index in [1.165, 1.54) is 10.8 Å². The molecule has 0 unspecified atom stereocenters. The summed E-state index contributed by atoms with van der Waals surface area (Å²) in [5, 5.41) is 3.46. The van der Waals surface area contributed by atoms with Crippen LogP contribution in [0.5, 0.6) is 0 Å². The van der Waals surface area contributed by atoms with E-state index in [2.05, 4.69) is 55.3 Å². The third-order valence-corrected chi connectivity index (χ3v) is 5.59. The number of pyridine rings is 5. The van der Waals surface area contributed by atoms with Gasteiger partial charge in [-0.15, -0.1) is 35.0 Å². The molecule has 0 saturated heterocycles. The van der Waals surface area contributed by atoms with E-state index >= 15 is 0 Å². The molecule has 7 aromatic rings. The Morgan fingerprint density at radius 3 is 1.28 bits per heavy atom. The van der Waals surface area contributed by atoms with Crippen molar-refractivity contribution in [2.45, 2.75) is 0 Å². The van der Waals surface area contributed by atoms with Gasteiger partial charge in [0, 0.05) is 48.1 Å². The van der Waals surface area contributed by atoms with Crippen molar-refractivity contribution in [3.63, 3.8) is 0 Å². The standard InChI is InChI=1S/C13H8N.2C10H8N2.Fe/c1-2-6-12-10(4-1)7-8-11-5-3-9-14-13(11)12;2*1-3-7-11-9(5-1)10-6-2-4-8-12-10;/h1-5,7-9H;2*1-8H;/q-1;;;. The molecule has 5 aromatic heterocycles. The molecule has 5 heterocycles. The normalized spacial score (nSPS) is 9.85. The Morgan fingerprint density at radius 2 is 0.821 bits per heavy atom. The van der Waals surface area contributed by atoms with Gasteiger partial charge in [-0.3, -0.25) is 19.9 Å². The van der Waals surface area contributed by atoms with E-state index in [1.807, 2.05) is 97.2 Å². The van der Waals surface area contributed by atoms with Crippen LogP contribution in [-0.4, -0.2) is 24.9 Å². The molecule has 2 aromatic carbocycles. The molecule has 0 spiro atoms. The number of aromatic nitrogens is 5. The van der Waals surface area contributed by atoms with E-state index in [0.717, 1.165) is 33.7 Å². The summed E-state index contributed by atoms with van der Waals surface area (Å²) in [6, 6.07) is 40.7. The second-order valence-electron chi connectivity index (χ2n) is 8.13. The quantitative estimate of drug-likeness (QED) is 0.128. The minimum absolute atomic E-state index is 0. The summed E-state index contributed by atoms with van der Waals surface area (Å²) < 4.78 is 0. The summed E-state index contributed by atoms with van der Waals surface area (Å²) in [7, 11) is 0. The first-order valence-corrected chi connectivity index (χ1v) is 12.2. The van der Waals surface area contributed by atoms with Gasteiger partial charge in [0.15, 0.2) is 0 Å². The van der Waals surface area contributed by atoms with Gasteiger partial charge in [-0.2, -0.15) is 0 Å². The van der Waals surface area contributed by atoms with Gasteiger partial charge in [0.1, 0.15) is 0 Å². The smallest absolute Gasteiger partial charge is 0.0886 e. The van der Waals surface area contributed by atoms with Crippen molar-refractivity contribution >= 4 is 21.7 Å². The van der Waals surface area contributed by atoms with Gasteiger partial charge in [0.05, 0.1) is 22.8 Å². The molecule has 0 aliphatic carbocycles. The fraction of sp³-hybridized carbons (Fsp3) is 0. The third-order valence-electron chi connectivity index (χ3n) is 5.59. The van der Waals surface area contributed by atoms with Gasteiger partial charge in [0.25, 0.3) is 0 Å². The molecule has 0 radical (unpaired) electrons. The predicted molar refractivity (Wildman–Crippen MR) is 153 cm³/mol. The fourth-order valence-electron chi connectivity index (χ4n) is 3.79. The second-order valence-corrected chi connectivity index (χ2v) is 8.13. The zero-order valence-corrected chi connectivity index (χ0v) is 22.1. The summed E-state index contributed by atoms with van der Waals surface area (Å²) in [6.07, 6.45) is 8.89. The van der Waals surface area contributed by atoms with Crippen LogP contribution in [0, 0.1) is 6.07 Å². The van der Waals surface area contributed by atoms with E-state index in [-0.39, 0.29) is 17.1 Å². The molecule has 6 heteroatoms. The van der Waals surface area contributed by atoms with Crippen LogP contribution in [0.1, 0.15) is 0 Å². The van der Waals surface area contributed by atoms with E-state index < -0.39 is 0 Å². The molecular formula is C33H24FeN5-. The zero-order valence-electron chi connectivity index (χ0n) is 20.9. The number of benzene rings is 2. The fourth-order valence-corrected chi connectivity index (χ4v) is 3.79. The Hall–Kier alpha value is -4.77. The van der Waals surface area contributed by atoms with Gasteiger partial charge in [-0.05, 0) is 65.5 Å². The monoisotopic (exact) mass is 546 g/mol. The second kappa shape index (κ2) is 14.2. The molecule has 0 aliphatic heterocycles. The Labute approximate surface area is 238 Å². The Kier molecular flexibility index (Phi) is 9.96. The van der Waals surface area contributed by atoms with Crippen molar-refractivity contribution in [2.24, 2.45) is 0 Å². The van der Waals surface area contributed by atoms with Gasteiger partial charge in [-0.25, -0.2) is 0 Å². The summed E-state index contributed by atoms with van der Waals surface area (Å²) >= 11 is 0. The van der Waals surface area contributed by atoms with Gasteiger partial charge >= 0.3 is 0 Å². The summed E-state index contributed by atoms with van der Waals surface area (Å²) in [5.41, 5.74) is 4.69. The average molecular weight is 546 g/mol. The van der Waals surface area contributed by atoms with Crippen LogP contribution >= 0.6 is 0 Å². The number of rotatable bonds is 2. The van der Waals surface area contributed by atoms with Gasteiger partial charge in [0.2, 0.25) is 0 Å². The Balaban J connectivity index is 0.000000135. The first-order chi connectivity index (χ1) is 18.9. The molecular weight excluding hydrogens is 522 g/mol. The topological polar surface area (TPSA) is 64.5 Å². The minimum Gasteiger partial charge on any atom is -0.304 e. The van der Waals surface area contributed by atoms with Crippen LogP contribution in [0.25, 0.3) is 44.5 Å². The van der Waals surface area contributed by atoms with E-state index in [1.54, 1.807) is 24.8 Å². The molecule has 0 bridgehead atoms. The third kappa shape index (κ3) is 7.39. The molecule has 0 fully saturated rings. The molecule has 0 atom stereocenters. The molecule has 0 saturated carbocycles. The number of hydrogen-bond donors (Lipinski definition) is 0. The molecule has 5 nitrogen and oxygen atoms in total. The Bertz CT molecular complexity index is 1490. The average Bonchev–Trinajstić information content (AvgIpc) is 3.03. The predicted octanol–water partition coefficient (Wildman–Crippen LogP) is 7.47. The van der Waals surface area contributed by atoms with Crippen molar-refractivity contribution in [1.82, 2.24) is 24.9 Å². The summed E-state index contributed by atoms with van der Waals surface area (Å²) in [6.45, 7) is 0. The van der Waals surface area contributed by atoms with E-state index in [9.17, 15) is 0 Å². The molecule has 0 N–H and O–H groups in total. The molecule has 39 heavy (non-hydrogen) atoms. The van der Waals surface area contributed by atoms with Crippen LogP contribution < -0.4 is 0 Å². The summed E-state index contributed by atoms with van der Waals surface area (Å²) in [4.78, 5) is 21.1. The van der Waals surface area contributed by atoms with Crippen LogP contribution in [0.2, 0.25) is 0 Å². The van der Waals surface area contributed by atoms with Gasteiger partial charge < -0.3 is 4.98 Å². The number of nitrogens with zero attached hydrogens (tertiary/aromatic N) is 5. The van der Waals surface area contributed by atoms with E-state index in [0.29, 0.717) is 0 Å². The van der Waals surface area contributed by atoms with Crippen LogP contribution in [0.15, 0.2) is 146 Å². The number of hydrogen-bond acceptors (Lipinski definition) is 5. The maximum Gasteiger partial charge on any atom is 0.0886 e. The van der Waals surface area contributed by atoms with Crippen molar-refractivity contribution in [3.05, 3.63) is 152 Å². The van der Waals surface area contributed by atoms with Crippen LogP contribution in [-0.2, 0) is 17.1 Å². The molecule has 7 rings (SSSR count). The number of fused-ring (bicyclic) bond motifs is 3. The van der Waals surface area contributed by atoms with Crippen LogP contribution in [0.3, 0.4) is 0 Å². The van der Waals surface area contributed by atoms with Crippen molar-refractivity contribution in [3.8, 4) is 22.8 Å². The minimum atomic E-state index is 0. The largest absolute Gasteiger partial charge is 0.304 e. The van der Waals surface area contributed by atoms with Crippen molar-refractivity contribution < 1.29 is 17.1 Å². The maximum absolute atomic E-state index is 4.38. The molecule has 190 valence electrons. The summed E-state index contributed by atoms with van der Waals surface area (Å²) in [5.74, 6) is 0. The van der Waals surface area contributed by atoms with Crippen LogP contribution in [0.4, 0.5) is 0 Å². The first kappa shape index (κ1) is 27.3.